The van der Waals surface area contributed by atoms with Crippen LogP contribution >= 0.6 is 11.8 Å². The molecular formula is C15H20N2S. The van der Waals surface area contributed by atoms with Crippen molar-refractivity contribution >= 4 is 22.7 Å². The lowest BCUT2D eigenvalue weighted by molar-refractivity contribution is 0.268. The third-order valence-electron chi connectivity index (χ3n) is 4.11. The molecule has 1 heterocycles. The highest BCUT2D eigenvalue weighted by Crippen LogP contribution is 2.34. The van der Waals surface area contributed by atoms with Crippen LogP contribution in [0.3, 0.4) is 0 Å². The molecular weight excluding hydrogens is 240 g/mol. The first-order chi connectivity index (χ1) is 8.70. The summed E-state index contributed by atoms with van der Waals surface area (Å²) >= 11 is 1.83. The maximum Gasteiger partial charge on any atom is 0.0596 e. The van der Waals surface area contributed by atoms with Gasteiger partial charge in [0.05, 0.1) is 5.52 Å². The largest absolute Gasteiger partial charge is 0.357 e. The first-order valence-electron chi connectivity index (χ1n) is 6.53. The topological polar surface area (TPSA) is 19.0 Å². The number of hydrogen-bond donors (Lipinski definition) is 1. The number of aryl methyl sites for hydroxylation is 1. The van der Waals surface area contributed by atoms with Gasteiger partial charge in [-0.25, -0.2) is 0 Å². The predicted octanol–water partition coefficient (Wildman–Crippen LogP) is 3.31. The number of rotatable bonds is 2. The van der Waals surface area contributed by atoms with Gasteiger partial charge in [0, 0.05) is 22.0 Å². The predicted molar refractivity (Wildman–Crippen MR) is 79.6 cm³/mol. The summed E-state index contributed by atoms with van der Waals surface area (Å²) in [6.07, 6.45) is 5.78. The maximum absolute atomic E-state index is 3.66. The number of H-pyrrole nitrogens is 1. The number of thioether (sulfide) groups is 1. The van der Waals surface area contributed by atoms with Gasteiger partial charge in [-0.2, -0.15) is 0 Å². The van der Waals surface area contributed by atoms with Gasteiger partial charge < -0.3 is 9.88 Å². The van der Waals surface area contributed by atoms with Crippen molar-refractivity contribution < 1.29 is 0 Å². The lowest BCUT2D eigenvalue weighted by Gasteiger charge is -2.28. The number of nitrogens with one attached hydrogen (secondary N) is 1. The highest BCUT2D eigenvalue weighted by Gasteiger charge is 2.24. The Kier molecular flexibility index (Phi) is 3.12. The Balaban J connectivity index is 2.11. The van der Waals surface area contributed by atoms with E-state index in [4.69, 9.17) is 0 Å². The molecule has 1 aliphatic carbocycles. The fraction of sp³-hybridized carbons (Fsp3) is 0.467. The Morgan fingerprint density at radius 1 is 1.33 bits per heavy atom. The number of aromatic nitrogens is 1. The van der Waals surface area contributed by atoms with Gasteiger partial charge >= 0.3 is 0 Å². The van der Waals surface area contributed by atoms with E-state index in [2.05, 4.69) is 48.4 Å². The summed E-state index contributed by atoms with van der Waals surface area (Å²) in [5.74, 6) is 0. The van der Waals surface area contributed by atoms with Crippen LogP contribution in [0.15, 0.2) is 23.1 Å². The second-order valence-electron chi connectivity index (χ2n) is 5.33. The van der Waals surface area contributed by atoms with Gasteiger partial charge in [-0.15, -0.1) is 11.8 Å². The van der Waals surface area contributed by atoms with Gasteiger partial charge in [-0.3, -0.25) is 0 Å². The zero-order valence-corrected chi connectivity index (χ0v) is 12.1. The van der Waals surface area contributed by atoms with E-state index in [1.54, 1.807) is 5.56 Å². The van der Waals surface area contributed by atoms with Gasteiger partial charge in [-0.05, 0) is 51.2 Å². The number of benzene rings is 1. The van der Waals surface area contributed by atoms with E-state index >= 15 is 0 Å². The Hall–Kier alpha value is -0.930. The molecule has 0 saturated carbocycles. The molecule has 0 saturated heterocycles. The monoisotopic (exact) mass is 260 g/mol. The van der Waals surface area contributed by atoms with Crippen LogP contribution in [0.2, 0.25) is 0 Å². The van der Waals surface area contributed by atoms with Crippen molar-refractivity contribution in [1.29, 1.82) is 0 Å². The molecule has 0 radical (unpaired) electrons. The molecule has 1 unspecified atom stereocenters. The van der Waals surface area contributed by atoms with Gasteiger partial charge in [0.2, 0.25) is 0 Å². The molecule has 1 atom stereocenters. The van der Waals surface area contributed by atoms with Gasteiger partial charge in [0.15, 0.2) is 0 Å². The Labute approximate surface area is 113 Å². The SMILES string of the molecule is CSc1cccc2c3c([nH]c12)CCC(N(C)C)C3. The Bertz CT molecular complexity index is 571. The van der Waals surface area contributed by atoms with Crippen LogP contribution in [-0.2, 0) is 12.8 Å². The van der Waals surface area contributed by atoms with Crippen molar-refractivity contribution in [3.63, 3.8) is 0 Å². The summed E-state index contributed by atoms with van der Waals surface area (Å²) < 4.78 is 0. The molecule has 1 aliphatic rings. The molecule has 18 heavy (non-hydrogen) atoms. The van der Waals surface area contributed by atoms with E-state index in [0.717, 1.165) is 0 Å². The fourth-order valence-electron chi connectivity index (χ4n) is 3.01. The number of aromatic amines is 1. The van der Waals surface area contributed by atoms with Crippen molar-refractivity contribution in [2.45, 2.75) is 30.2 Å². The molecule has 2 nitrogen and oxygen atoms in total. The minimum Gasteiger partial charge on any atom is -0.357 e. The Morgan fingerprint density at radius 2 is 2.17 bits per heavy atom. The average Bonchev–Trinajstić information content (AvgIpc) is 2.76. The Morgan fingerprint density at radius 3 is 2.89 bits per heavy atom. The number of likely N-dealkylation sites (N-methyl/N-ethyl adjacent to an activating group) is 1. The number of nitrogens with zero attached hydrogens (tertiary/aromatic N) is 1. The van der Waals surface area contributed by atoms with E-state index in [9.17, 15) is 0 Å². The van der Waals surface area contributed by atoms with Crippen LogP contribution in [-0.4, -0.2) is 36.3 Å². The van der Waals surface area contributed by atoms with E-state index in [1.807, 2.05) is 11.8 Å². The number of para-hydroxylation sites is 1. The van der Waals surface area contributed by atoms with Crippen LogP contribution in [0.25, 0.3) is 10.9 Å². The summed E-state index contributed by atoms with van der Waals surface area (Å²) in [6.45, 7) is 0. The molecule has 0 fully saturated rings. The second-order valence-corrected chi connectivity index (χ2v) is 6.17. The normalized spacial score (nSPS) is 19.4. The van der Waals surface area contributed by atoms with Crippen LogP contribution in [0, 0.1) is 0 Å². The highest BCUT2D eigenvalue weighted by atomic mass is 32.2. The van der Waals surface area contributed by atoms with E-state index in [1.165, 1.54) is 40.8 Å². The molecule has 1 aromatic carbocycles. The zero-order valence-electron chi connectivity index (χ0n) is 11.3. The van der Waals surface area contributed by atoms with Gasteiger partial charge in [0.25, 0.3) is 0 Å². The number of hydrogen-bond acceptors (Lipinski definition) is 2. The summed E-state index contributed by atoms with van der Waals surface area (Å²) in [6, 6.07) is 7.34. The van der Waals surface area contributed by atoms with Gasteiger partial charge in [-0.1, -0.05) is 12.1 Å². The van der Waals surface area contributed by atoms with Crippen LogP contribution in [0.5, 0.6) is 0 Å². The molecule has 0 bridgehead atoms. The van der Waals surface area contributed by atoms with Crippen LogP contribution in [0.1, 0.15) is 17.7 Å². The number of fused-ring (bicyclic) bond motifs is 3. The van der Waals surface area contributed by atoms with E-state index in [-0.39, 0.29) is 0 Å². The molecule has 2 aromatic rings. The van der Waals surface area contributed by atoms with Crippen molar-refractivity contribution in [2.24, 2.45) is 0 Å². The fourth-order valence-corrected chi connectivity index (χ4v) is 3.59. The molecule has 0 aliphatic heterocycles. The van der Waals surface area contributed by atoms with Crippen molar-refractivity contribution in [1.82, 2.24) is 9.88 Å². The summed E-state index contributed by atoms with van der Waals surface area (Å²) in [4.78, 5) is 7.38. The summed E-state index contributed by atoms with van der Waals surface area (Å²) in [5, 5.41) is 1.43. The molecule has 0 spiro atoms. The molecule has 3 rings (SSSR count). The first-order valence-corrected chi connectivity index (χ1v) is 7.76. The molecule has 0 amide bonds. The third-order valence-corrected chi connectivity index (χ3v) is 4.89. The van der Waals surface area contributed by atoms with Crippen molar-refractivity contribution in [3.05, 3.63) is 29.5 Å². The minimum absolute atomic E-state index is 0.689. The molecule has 1 aromatic heterocycles. The van der Waals surface area contributed by atoms with Crippen LogP contribution < -0.4 is 0 Å². The maximum atomic E-state index is 3.66. The standard InChI is InChI=1S/C15H20N2S/c1-17(2)10-7-8-13-12(9-10)11-5-4-6-14(18-3)15(11)16-13/h4-6,10,16H,7-9H2,1-3H3. The lowest BCUT2D eigenvalue weighted by atomic mass is 9.91. The summed E-state index contributed by atoms with van der Waals surface area (Å²) in [5.41, 5.74) is 4.35. The quantitative estimate of drug-likeness (QED) is 0.835. The van der Waals surface area contributed by atoms with Crippen LogP contribution in [0.4, 0.5) is 0 Å². The minimum atomic E-state index is 0.689. The average molecular weight is 260 g/mol. The highest BCUT2D eigenvalue weighted by molar-refractivity contribution is 7.98. The van der Waals surface area contributed by atoms with Gasteiger partial charge in [0.1, 0.15) is 0 Å². The zero-order chi connectivity index (χ0) is 12.7. The molecule has 3 heteroatoms. The first kappa shape index (κ1) is 12.1. The second kappa shape index (κ2) is 4.63. The third kappa shape index (κ3) is 1.86. The van der Waals surface area contributed by atoms with E-state index < -0.39 is 0 Å². The lowest BCUT2D eigenvalue weighted by Crippen LogP contribution is -2.33. The smallest absolute Gasteiger partial charge is 0.0596 e. The van der Waals surface area contributed by atoms with Crippen molar-refractivity contribution in [3.8, 4) is 0 Å². The molecule has 1 N–H and O–H groups in total. The van der Waals surface area contributed by atoms with Crippen molar-refractivity contribution in [2.75, 3.05) is 20.4 Å². The van der Waals surface area contributed by atoms with E-state index in [0.29, 0.717) is 6.04 Å². The molecule has 96 valence electrons. The summed E-state index contributed by atoms with van der Waals surface area (Å²) in [7, 11) is 4.38.